The van der Waals surface area contributed by atoms with Crippen LogP contribution in [0.1, 0.15) is 51.7 Å². The maximum absolute atomic E-state index is 14.5. The number of benzene rings is 1. The zero-order valence-electron chi connectivity index (χ0n) is 15.6. The van der Waals surface area contributed by atoms with Gasteiger partial charge in [-0.2, -0.15) is 5.26 Å². The number of nitrogens with zero attached hydrogens (tertiary/aromatic N) is 2. The number of halogens is 1. The number of nitriles is 1. The lowest BCUT2D eigenvalue weighted by molar-refractivity contribution is 0.652. The second-order valence-electron chi connectivity index (χ2n) is 6.91. The maximum atomic E-state index is 14.5. The van der Waals surface area contributed by atoms with Gasteiger partial charge in [0, 0.05) is 24.4 Å². The Balaban J connectivity index is 2.35. The number of hydrogen-bond donors (Lipinski definition) is 0. The second-order valence-corrected chi connectivity index (χ2v) is 6.91. The summed E-state index contributed by atoms with van der Waals surface area (Å²) in [6.45, 7) is 9.11. The van der Waals surface area contributed by atoms with Crippen LogP contribution in [0, 0.1) is 11.3 Å². The molecular formula is C22H27FN2. The molecule has 2 nitrogen and oxygen atoms in total. The van der Waals surface area contributed by atoms with Gasteiger partial charge < -0.3 is 4.90 Å². The molecule has 0 atom stereocenters. The van der Waals surface area contributed by atoms with Crippen molar-refractivity contribution in [3.8, 4) is 6.07 Å². The second kappa shape index (κ2) is 8.67. The summed E-state index contributed by atoms with van der Waals surface area (Å²) < 4.78 is 14.5. The van der Waals surface area contributed by atoms with Crippen LogP contribution >= 0.6 is 0 Å². The van der Waals surface area contributed by atoms with Crippen LogP contribution in [0.5, 0.6) is 0 Å². The van der Waals surface area contributed by atoms with Crippen LogP contribution in [0.3, 0.4) is 0 Å². The summed E-state index contributed by atoms with van der Waals surface area (Å²) in [7, 11) is 0. The van der Waals surface area contributed by atoms with E-state index in [1.807, 2.05) is 19.1 Å². The quantitative estimate of drug-likeness (QED) is 0.500. The lowest BCUT2D eigenvalue weighted by atomic mass is 9.99. The summed E-state index contributed by atoms with van der Waals surface area (Å²) in [5.41, 5.74) is 4.88. The van der Waals surface area contributed by atoms with Crippen molar-refractivity contribution < 1.29 is 4.39 Å². The number of allylic oxidation sites excluding steroid dienone is 6. The van der Waals surface area contributed by atoms with Crippen molar-refractivity contribution in [2.24, 2.45) is 0 Å². The van der Waals surface area contributed by atoms with Crippen molar-refractivity contribution in [1.29, 1.82) is 5.26 Å². The van der Waals surface area contributed by atoms with Crippen molar-refractivity contribution in [2.45, 2.75) is 53.0 Å². The van der Waals surface area contributed by atoms with Crippen LogP contribution in [-0.4, -0.2) is 12.6 Å². The number of rotatable bonds is 4. The topological polar surface area (TPSA) is 27.0 Å². The van der Waals surface area contributed by atoms with E-state index in [2.05, 4.69) is 30.9 Å². The van der Waals surface area contributed by atoms with Gasteiger partial charge >= 0.3 is 0 Å². The maximum Gasteiger partial charge on any atom is 0.126 e. The Morgan fingerprint density at radius 1 is 1.24 bits per heavy atom. The molecule has 1 heterocycles. The van der Waals surface area contributed by atoms with E-state index in [4.69, 9.17) is 5.26 Å². The Morgan fingerprint density at radius 2 is 2.00 bits per heavy atom. The fourth-order valence-electron chi connectivity index (χ4n) is 3.17. The lowest BCUT2D eigenvalue weighted by Crippen LogP contribution is -2.31. The summed E-state index contributed by atoms with van der Waals surface area (Å²) in [5, 5.41) is 8.61. The van der Waals surface area contributed by atoms with Gasteiger partial charge in [-0.1, -0.05) is 12.1 Å². The first-order valence-electron chi connectivity index (χ1n) is 8.94. The molecular weight excluding hydrogens is 311 g/mol. The van der Waals surface area contributed by atoms with Gasteiger partial charge in [0.1, 0.15) is 5.83 Å². The minimum absolute atomic E-state index is 0.264. The van der Waals surface area contributed by atoms with Crippen molar-refractivity contribution in [3.05, 3.63) is 59.0 Å². The van der Waals surface area contributed by atoms with Crippen LogP contribution in [-0.2, 0) is 6.42 Å². The lowest BCUT2D eigenvalue weighted by Gasteiger charge is -2.29. The Bertz CT molecular complexity index is 748. The molecule has 1 aliphatic heterocycles. The molecule has 0 radical (unpaired) electrons. The largest absolute Gasteiger partial charge is 0.369 e. The van der Waals surface area contributed by atoms with Crippen molar-refractivity contribution in [3.63, 3.8) is 0 Å². The molecule has 0 spiro atoms. The van der Waals surface area contributed by atoms with Gasteiger partial charge in [-0.25, -0.2) is 4.39 Å². The van der Waals surface area contributed by atoms with Crippen molar-refractivity contribution in [1.82, 2.24) is 0 Å². The van der Waals surface area contributed by atoms with Crippen LogP contribution in [0.15, 0.2) is 47.8 Å². The van der Waals surface area contributed by atoms with Gasteiger partial charge in [-0.15, -0.1) is 0 Å². The molecule has 132 valence electrons. The molecule has 1 aliphatic rings. The van der Waals surface area contributed by atoms with Gasteiger partial charge in [0.2, 0.25) is 0 Å². The van der Waals surface area contributed by atoms with E-state index < -0.39 is 0 Å². The minimum Gasteiger partial charge on any atom is -0.369 e. The Kier molecular flexibility index (Phi) is 6.58. The Labute approximate surface area is 151 Å². The standard InChI is InChI=1S/C22H27FN2/c1-16(2)25-14-6-5-7-20-15-19(9-11-22(20)25)18(4)21(23)10-8-17(3)12-13-24/h8-12,15-16H,5-7,14H2,1-4H3/b10-8+,17-12+,21-18+. The molecule has 0 unspecified atom stereocenters. The molecule has 0 saturated heterocycles. The Morgan fingerprint density at radius 3 is 2.68 bits per heavy atom. The van der Waals surface area contributed by atoms with E-state index in [-0.39, 0.29) is 5.83 Å². The van der Waals surface area contributed by atoms with Gasteiger partial charge in [0.25, 0.3) is 0 Å². The van der Waals surface area contributed by atoms with Gasteiger partial charge in [0.15, 0.2) is 0 Å². The third kappa shape index (κ3) is 4.82. The highest BCUT2D eigenvalue weighted by atomic mass is 19.1. The molecule has 1 aromatic carbocycles. The average molecular weight is 338 g/mol. The predicted octanol–water partition coefficient (Wildman–Crippen LogP) is 5.96. The van der Waals surface area contributed by atoms with E-state index in [0.717, 1.165) is 24.1 Å². The average Bonchev–Trinajstić information content (AvgIpc) is 2.81. The number of hydrogen-bond acceptors (Lipinski definition) is 2. The monoisotopic (exact) mass is 338 g/mol. The normalized spacial score (nSPS) is 16.5. The molecule has 25 heavy (non-hydrogen) atoms. The van der Waals surface area contributed by atoms with Crippen LogP contribution in [0.4, 0.5) is 10.1 Å². The SMILES string of the molecule is CC(/C=C/C(F)=C(/C)c1ccc2c(c1)CCCCN2C(C)C)=C\C#N. The number of aryl methyl sites for hydroxylation is 1. The zero-order valence-corrected chi connectivity index (χ0v) is 15.6. The van der Waals surface area contributed by atoms with E-state index >= 15 is 0 Å². The fourth-order valence-corrected chi connectivity index (χ4v) is 3.17. The molecule has 0 bridgehead atoms. The summed E-state index contributed by atoms with van der Waals surface area (Å²) in [4.78, 5) is 2.44. The highest BCUT2D eigenvalue weighted by Gasteiger charge is 2.18. The third-order valence-electron chi connectivity index (χ3n) is 4.68. The number of anilines is 1. The zero-order chi connectivity index (χ0) is 18.4. The molecule has 1 aromatic rings. The summed E-state index contributed by atoms with van der Waals surface area (Å²) >= 11 is 0. The van der Waals surface area contributed by atoms with Crippen LogP contribution < -0.4 is 4.90 Å². The Hall–Kier alpha value is -2.34. The van der Waals surface area contributed by atoms with Crippen LogP contribution in [0.25, 0.3) is 5.57 Å². The first-order valence-corrected chi connectivity index (χ1v) is 8.94. The summed E-state index contributed by atoms with van der Waals surface area (Å²) in [5.74, 6) is -0.264. The first kappa shape index (κ1) is 19.0. The highest BCUT2D eigenvalue weighted by Crippen LogP contribution is 2.31. The highest BCUT2D eigenvalue weighted by molar-refractivity contribution is 5.71. The molecule has 0 fully saturated rings. The molecule has 0 amide bonds. The molecule has 0 saturated carbocycles. The van der Waals surface area contributed by atoms with E-state index in [9.17, 15) is 4.39 Å². The summed E-state index contributed by atoms with van der Waals surface area (Å²) in [6, 6.07) is 8.70. The molecule has 0 N–H and O–H groups in total. The van der Waals surface area contributed by atoms with Crippen molar-refractivity contribution in [2.75, 3.05) is 11.4 Å². The summed E-state index contributed by atoms with van der Waals surface area (Å²) in [6.07, 6.45) is 7.88. The molecule has 0 aliphatic carbocycles. The predicted molar refractivity (Wildman–Crippen MR) is 104 cm³/mol. The molecule has 2 rings (SSSR count). The van der Waals surface area contributed by atoms with Gasteiger partial charge in [0.05, 0.1) is 6.07 Å². The molecule has 3 heteroatoms. The third-order valence-corrected chi connectivity index (χ3v) is 4.68. The van der Waals surface area contributed by atoms with Gasteiger partial charge in [-0.05, 0) is 87.4 Å². The number of fused-ring (bicyclic) bond motifs is 1. The smallest absolute Gasteiger partial charge is 0.126 e. The minimum atomic E-state index is -0.264. The van der Waals surface area contributed by atoms with E-state index in [1.54, 1.807) is 13.0 Å². The van der Waals surface area contributed by atoms with Crippen LogP contribution in [0.2, 0.25) is 0 Å². The van der Waals surface area contributed by atoms with Gasteiger partial charge in [-0.3, -0.25) is 0 Å². The van der Waals surface area contributed by atoms with E-state index in [0.29, 0.717) is 11.6 Å². The van der Waals surface area contributed by atoms with Crippen molar-refractivity contribution >= 4 is 11.3 Å². The van der Waals surface area contributed by atoms with E-state index in [1.165, 1.54) is 36.2 Å². The first-order chi connectivity index (χ1) is 11.9. The molecule has 0 aromatic heterocycles. The fraction of sp³-hybridized carbons (Fsp3) is 0.409.